The average molecular weight is 135 g/mol. The van der Waals surface area contributed by atoms with Crippen molar-refractivity contribution in [1.82, 2.24) is 0 Å². The minimum Gasteiger partial charge on any atom is -0.377 e. The van der Waals surface area contributed by atoms with Crippen LogP contribution in [0, 0.1) is 0 Å². The Morgan fingerprint density at radius 3 is 2.78 bits per heavy atom. The summed E-state index contributed by atoms with van der Waals surface area (Å²) < 4.78 is 16.2. The van der Waals surface area contributed by atoms with Crippen LogP contribution in [0.15, 0.2) is 0 Å². The molecule has 0 amide bonds. The second kappa shape index (κ2) is 5.98. The molecule has 0 bridgehead atoms. The molecule has 0 aromatic heterocycles. The highest BCUT2D eigenvalue weighted by Crippen LogP contribution is 1.86. The van der Waals surface area contributed by atoms with Gasteiger partial charge in [0.2, 0.25) is 0 Å². The van der Waals surface area contributed by atoms with E-state index in [1.54, 1.807) is 0 Å². The Kier molecular flexibility index (Phi) is 5.88. The van der Waals surface area contributed by atoms with E-state index in [1.807, 2.05) is 6.92 Å². The zero-order chi connectivity index (χ0) is 7.11. The molecule has 0 fully saturated rings. The van der Waals surface area contributed by atoms with Gasteiger partial charge < -0.3 is 10.5 Å². The molecule has 0 saturated carbocycles. The van der Waals surface area contributed by atoms with Gasteiger partial charge in [0.25, 0.3) is 0 Å². The average Bonchev–Trinajstić information content (AvgIpc) is 1.89. The zero-order valence-corrected chi connectivity index (χ0v) is 5.77. The van der Waals surface area contributed by atoms with Crippen LogP contribution in [0.5, 0.6) is 0 Å². The number of hydrogen-bond donors (Lipinski definition) is 1. The smallest absolute Gasteiger partial charge is 0.113 e. The molecule has 1 atom stereocenters. The summed E-state index contributed by atoms with van der Waals surface area (Å²) in [4.78, 5) is 0. The van der Waals surface area contributed by atoms with Gasteiger partial charge in [0.15, 0.2) is 0 Å². The van der Waals surface area contributed by atoms with Crippen molar-refractivity contribution < 1.29 is 9.13 Å². The van der Waals surface area contributed by atoms with Gasteiger partial charge in [-0.2, -0.15) is 0 Å². The van der Waals surface area contributed by atoms with Gasteiger partial charge >= 0.3 is 0 Å². The zero-order valence-electron chi connectivity index (χ0n) is 5.77. The molecule has 0 heterocycles. The predicted molar refractivity (Wildman–Crippen MR) is 35.1 cm³/mol. The lowest BCUT2D eigenvalue weighted by Crippen LogP contribution is -2.25. The third-order valence-corrected chi connectivity index (χ3v) is 1.08. The van der Waals surface area contributed by atoms with Crippen LogP contribution < -0.4 is 5.73 Å². The second-order valence-electron chi connectivity index (χ2n) is 1.93. The number of rotatable bonds is 5. The molecule has 56 valence electrons. The molecular weight excluding hydrogens is 121 g/mol. The normalized spacial score (nSPS) is 13.7. The summed E-state index contributed by atoms with van der Waals surface area (Å²) in [6, 6.07) is 0.0662. The maximum atomic E-state index is 11.4. The maximum Gasteiger partial charge on any atom is 0.113 e. The van der Waals surface area contributed by atoms with Crippen molar-refractivity contribution in [2.45, 2.75) is 19.4 Å². The van der Waals surface area contributed by atoms with E-state index >= 15 is 0 Å². The van der Waals surface area contributed by atoms with Gasteiger partial charge in [0.1, 0.15) is 6.67 Å². The molecule has 0 aliphatic rings. The third kappa shape index (κ3) is 5.73. The fraction of sp³-hybridized carbons (Fsp3) is 1.00. The number of alkyl halides is 1. The SMILES string of the molecule is CCC(N)COCCF. The van der Waals surface area contributed by atoms with Gasteiger partial charge in [0.05, 0.1) is 13.2 Å². The first-order valence-corrected chi connectivity index (χ1v) is 3.20. The van der Waals surface area contributed by atoms with Crippen LogP contribution in [0.3, 0.4) is 0 Å². The van der Waals surface area contributed by atoms with Crippen molar-refractivity contribution in [2.24, 2.45) is 5.73 Å². The molecule has 0 aliphatic heterocycles. The van der Waals surface area contributed by atoms with Crippen molar-refractivity contribution in [3.05, 3.63) is 0 Å². The van der Waals surface area contributed by atoms with Crippen LogP contribution in [0.4, 0.5) is 4.39 Å². The van der Waals surface area contributed by atoms with Crippen LogP contribution in [0.2, 0.25) is 0 Å². The van der Waals surface area contributed by atoms with E-state index in [-0.39, 0.29) is 12.6 Å². The van der Waals surface area contributed by atoms with Gasteiger partial charge in [-0.25, -0.2) is 4.39 Å². The molecule has 0 aromatic carbocycles. The second-order valence-corrected chi connectivity index (χ2v) is 1.93. The summed E-state index contributed by atoms with van der Waals surface area (Å²) in [5.41, 5.74) is 5.47. The van der Waals surface area contributed by atoms with Crippen molar-refractivity contribution in [1.29, 1.82) is 0 Å². The van der Waals surface area contributed by atoms with E-state index in [4.69, 9.17) is 10.5 Å². The van der Waals surface area contributed by atoms with Crippen molar-refractivity contribution in [3.8, 4) is 0 Å². The van der Waals surface area contributed by atoms with Crippen molar-refractivity contribution >= 4 is 0 Å². The number of ether oxygens (including phenoxy) is 1. The van der Waals surface area contributed by atoms with Crippen LogP contribution in [0.1, 0.15) is 13.3 Å². The first-order chi connectivity index (χ1) is 4.31. The van der Waals surface area contributed by atoms with E-state index in [0.717, 1.165) is 6.42 Å². The van der Waals surface area contributed by atoms with Crippen LogP contribution in [0.25, 0.3) is 0 Å². The van der Waals surface area contributed by atoms with Crippen LogP contribution >= 0.6 is 0 Å². The predicted octanol–water partition coefficient (Wildman–Crippen LogP) is 0.710. The van der Waals surface area contributed by atoms with Crippen molar-refractivity contribution in [3.63, 3.8) is 0 Å². The third-order valence-electron chi connectivity index (χ3n) is 1.08. The summed E-state index contributed by atoms with van der Waals surface area (Å²) in [5, 5.41) is 0. The molecule has 0 rings (SSSR count). The summed E-state index contributed by atoms with van der Waals surface area (Å²) in [6.07, 6.45) is 0.881. The van der Waals surface area contributed by atoms with Gasteiger partial charge in [-0.15, -0.1) is 0 Å². The molecule has 0 saturated heterocycles. The molecule has 1 unspecified atom stereocenters. The number of halogens is 1. The Bertz CT molecular complexity index is 61.0. The van der Waals surface area contributed by atoms with Gasteiger partial charge in [-0.3, -0.25) is 0 Å². The largest absolute Gasteiger partial charge is 0.377 e. The van der Waals surface area contributed by atoms with E-state index in [9.17, 15) is 4.39 Å². The fourth-order valence-corrected chi connectivity index (χ4v) is 0.407. The first kappa shape index (κ1) is 8.85. The maximum absolute atomic E-state index is 11.4. The topological polar surface area (TPSA) is 35.2 Å². The quantitative estimate of drug-likeness (QED) is 0.563. The minimum atomic E-state index is -0.420. The van der Waals surface area contributed by atoms with E-state index in [2.05, 4.69) is 0 Å². The van der Waals surface area contributed by atoms with E-state index in [1.165, 1.54) is 0 Å². The van der Waals surface area contributed by atoms with Gasteiger partial charge in [-0.05, 0) is 6.42 Å². The van der Waals surface area contributed by atoms with Gasteiger partial charge in [0, 0.05) is 6.04 Å². The lowest BCUT2D eigenvalue weighted by atomic mass is 10.3. The highest BCUT2D eigenvalue weighted by Gasteiger charge is 1.96. The molecular formula is C6H14FNO. The highest BCUT2D eigenvalue weighted by atomic mass is 19.1. The Morgan fingerprint density at radius 2 is 2.33 bits per heavy atom. The molecule has 0 radical (unpaired) electrons. The Labute approximate surface area is 55.2 Å². The van der Waals surface area contributed by atoms with Crippen LogP contribution in [-0.4, -0.2) is 25.9 Å². The molecule has 3 heteroatoms. The highest BCUT2D eigenvalue weighted by molar-refractivity contribution is 4.54. The number of hydrogen-bond acceptors (Lipinski definition) is 2. The fourth-order valence-electron chi connectivity index (χ4n) is 0.407. The summed E-state index contributed by atoms with van der Waals surface area (Å²) in [5.74, 6) is 0. The standard InChI is InChI=1S/C6H14FNO/c1-2-6(8)5-9-4-3-7/h6H,2-5,8H2,1H3. The number of nitrogens with two attached hydrogens (primary N) is 1. The molecule has 0 aromatic rings. The summed E-state index contributed by atoms with van der Waals surface area (Å²) in [7, 11) is 0. The first-order valence-electron chi connectivity index (χ1n) is 3.20. The lowest BCUT2D eigenvalue weighted by Gasteiger charge is -2.06. The molecule has 2 nitrogen and oxygen atoms in total. The van der Waals surface area contributed by atoms with E-state index < -0.39 is 6.67 Å². The lowest BCUT2D eigenvalue weighted by molar-refractivity contribution is 0.106. The minimum absolute atomic E-state index is 0.0662. The Morgan fingerprint density at radius 1 is 1.67 bits per heavy atom. The Hall–Kier alpha value is -0.150. The van der Waals surface area contributed by atoms with Crippen molar-refractivity contribution in [2.75, 3.05) is 19.9 Å². The summed E-state index contributed by atoms with van der Waals surface area (Å²) >= 11 is 0. The van der Waals surface area contributed by atoms with E-state index in [0.29, 0.717) is 6.61 Å². The van der Waals surface area contributed by atoms with Crippen LogP contribution in [-0.2, 0) is 4.74 Å². The molecule has 0 spiro atoms. The van der Waals surface area contributed by atoms with Gasteiger partial charge in [-0.1, -0.05) is 6.92 Å². The molecule has 9 heavy (non-hydrogen) atoms. The Balaban J connectivity index is 2.88. The molecule has 2 N–H and O–H groups in total. The molecule has 0 aliphatic carbocycles. The monoisotopic (exact) mass is 135 g/mol. The summed E-state index contributed by atoms with van der Waals surface area (Å²) in [6.45, 7) is 2.20.